The fourth-order valence-electron chi connectivity index (χ4n) is 8.47. The Morgan fingerprint density at radius 2 is 1.82 bits per heavy atom. The second-order valence-electron chi connectivity index (χ2n) is 14.6. The van der Waals surface area contributed by atoms with E-state index in [1.807, 2.05) is 29.8 Å². The van der Waals surface area contributed by atoms with Gasteiger partial charge in [-0.3, -0.25) is 9.69 Å². The molecule has 1 atom stereocenters. The van der Waals surface area contributed by atoms with Gasteiger partial charge in [-0.1, -0.05) is 12.1 Å². The topological polar surface area (TPSA) is 85.2 Å². The van der Waals surface area contributed by atoms with Crippen molar-refractivity contribution < 1.29 is 32.2 Å². The minimum absolute atomic E-state index is 0.0431. The smallest absolute Gasteiger partial charge is 0.379 e. The van der Waals surface area contributed by atoms with Gasteiger partial charge in [0.05, 0.1) is 25.3 Å². The average Bonchev–Trinajstić information content (AvgIpc) is 3.65. The van der Waals surface area contributed by atoms with Crippen LogP contribution in [-0.4, -0.2) is 96.9 Å². The average molecular weight is 697 g/mol. The molecule has 4 aliphatic rings. The summed E-state index contributed by atoms with van der Waals surface area (Å²) < 4.78 is 62.3. The number of nitrogens with zero attached hydrogens (tertiary/aromatic N) is 6. The quantitative estimate of drug-likeness (QED) is 0.258. The number of carbonyl (C=O) groups is 1. The number of methoxy groups -OCH3 is 2. The zero-order valence-electron chi connectivity index (χ0n) is 29.1. The summed E-state index contributed by atoms with van der Waals surface area (Å²) in [5, 5.41) is 8.24. The van der Waals surface area contributed by atoms with Gasteiger partial charge in [0.15, 0.2) is 6.29 Å². The van der Waals surface area contributed by atoms with E-state index in [9.17, 15) is 18.0 Å². The molecule has 0 unspecified atom stereocenters. The molecular weight excluding hydrogens is 649 g/mol. The molecule has 0 saturated carbocycles. The summed E-state index contributed by atoms with van der Waals surface area (Å²) in [6.07, 6.45) is 1.64. The van der Waals surface area contributed by atoms with Crippen molar-refractivity contribution in [1.82, 2.24) is 24.6 Å². The molecule has 7 rings (SSSR count). The van der Waals surface area contributed by atoms with Crippen LogP contribution >= 0.6 is 0 Å². The van der Waals surface area contributed by atoms with Gasteiger partial charge < -0.3 is 28.6 Å². The molecule has 0 spiro atoms. The molecule has 10 nitrogen and oxygen atoms in total. The molecule has 0 N–H and O–H groups in total. The zero-order chi connectivity index (χ0) is 35.0. The van der Waals surface area contributed by atoms with E-state index in [-0.39, 0.29) is 29.4 Å². The highest BCUT2D eigenvalue weighted by Crippen LogP contribution is 2.42. The van der Waals surface area contributed by atoms with Crippen molar-refractivity contribution >= 4 is 11.6 Å². The molecule has 4 aliphatic heterocycles. The van der Waals surface area contributed by atoms with Gasteiger partial charge in [-0.15, -0.1) is 10.2 Å². The molecule has 50 heavy (non-hydrogen) atoms. The van der Waals surface area contributed by atoms with Crippen LogP contribution in [-0.2, 0) is 52.4 Å². The predicted octanol–water partition coefficient (Wildman–Crippen LogP) is 5.05. The van der Waals surface area contributed by atoms with Crippen molar-refractivity contribution in [3.05, 3.63) is 76.4 Å². The van der Waals surface area contributed by atoms with Gasteiger partial charge in [0.2, 0.25) is 0 Å². The van der Waals surface area contributed by atoms with E-state index in [0.29, 0.717) is 49.3 Å². The van der Waals surface area contributed by atoms with Crippen molar-refractivity contribution in [2.45, 2.75) is 63.1 Å². The third-order valence-corrected chi connectivity index (χ3v) is 11.2. The van der Waals surface area contributed by atoms with Gasteiger partial charge in [0.25, 0.3) is 5.91 Å². The number of rotatable bonds is 11. The second kappa shape index (κ2) is 14.3. The molecule has 13 heteroatoms. The third-order valence-electron chi connectivity index (χ3n) is 11.2. The van der Waals surface area contributed by atoms with E-state index in [1.165, 1.54) is 11.0 Å². The Kier molecular flexibility index (Phi) is 10.1. The van der Waals surface area contributed by atoms with E-state index in [2.05, 4.69) is 20.0 Å². The molecule has 2 aromatic carbocycles. The summed E-state index contributed by atoms with van der Waals surface area (Å²) in [7, 11) is 5.26. The summed E-state index contributed by atoms with van der Waals surface area (Å²) in [6, 6.07) is 10.5. The standard InChI is InChI=1S/C37H47F3N6O4/c1-43-24-41-42-33(43)17-36(22-50-23-36)28-7-4-8-29(16-28)46-21-31-30(34(46)47)14-26(15-32(31)37(38,39)40)20-45-11-5-6-25(19-45)18-44-12-9-27(10-13-44)35(48-2)49-3/h4,7-8,14-16,24-25,27,35H,5-6,9-13,17-23H2,1-3H3/t25-/m1/s1. The highest BCUT2D eigenvalue weighted by atomic mass is 19.4. The Bertz CT molecular complexity index is 1660. The van der Waals surface area contributed by atoms with Crippen LogP contribution < -0.4 is 4.90 Å². The molecule has 1 aromatic heterocycles. The van der Waals surface area contributed by atoms with Crippen LogP contribution in [0.3, 0.4) is 0 Å². The number of hydrogen-bond donors (Lipinski definition) is 0. The Morgan fingerprint density at radius 3 is 2.48 bits per heavy atom. The number of aryl methyl sites for hydroxylation is 1. The Morgan fingerprint density at radius 1 is 1.04 bits per heavy atom. The van der Waals surface area contributed by atoms with Gasteiger partial charge in [-0.05, 0) is 92.2 Å². The van der Waals surface area contributed by atoms with Crippen molar-refractivity contribution in [3.63, 3.8) is 0 Å². The van der Waals surface area contributed by atoms with E-state index in [1.54, 1.807) is 32.7 Å². The molecule has 3 saturated heterocycles. The normalized spacial score (nSPS) is 21.9. The lowest BCUT2D eigenvalue weighted by atomic mass is 9.75. The van der Waals surface area contributed by atoms with Crippen molar-refractivity contribution in [2.24, 2.45) is 18.9 Å². The molecule has 270 valence electrons. The highest BCUT2D eigenvalue weighted by molar-refractivity contribution is 6.10. The lowest BCUT2D eigenvalue weighted by Gasteiger charge is -2.42. The number of aromatic nitrogens is 3. The SMILES string of the molecule is COC(OC)C1CCN(C[C@H]2CCCN(Cc3cc4c(c(C(F)(F)F)c3)CN(c3cccc(C5(Cc6nncn6C)COC5)c3)C4=O)C2)CC1. The third kappa shape index (κ3) is 7.07. The lowest BCUT2D eigenvalue weighted by Crippen LogP contribution is -2.49. The first kappa shape index (κ1) is 35.1. The maximum absolute atomic E-state index is 14.6. The number of fused-ring (bicyclic) bond motifs is 1. The summed E-state index contributed by atoms with van der Waals surface area (Å²) in [6.45, 7) is 5.82. The Balaban J connectivity index is 1.05. The van der Waals surface area contributed by atoms with E-state index < -0.39 is 17.6 Å². The van der Waals surface area contributed by atoms with E-state index >= 15 is 0 Å². The molecule has 3 aromatic rings. The second-order valence-corrected chi connectivity index (χ2v) is 14.6. The summed E-state index contributed by atoms with van der Waals surface area (Å²) in [4.78, 5) is 20.2. The number of ether oxygens (including phenoxy) is 3. The van der Waals surface area contributed by atoms with Crippen LogP contribution in [0, 0.1) is 11.8 Å². The first-order valence-corrected chi connectivity index (χ1v) is 17.6. The van der Waals surface area contributed by atoms with Crippen molar-refractivity contribution in [2.75, 3.05) is 65.1 Å². The van der Waals surface area contributed by atoms with Crippen LogP contribution in [0.1, 0.15) is 64.1 Å². The number of likely N-dealkylation sites (tertiary alicyclic amines) is 2. The minimum Gasteiger partial charge on any atom is -0.379 e. The summed E-state index contributed by atoms with van der Waals surface area (Å²) in [5.41, 5.74) is 1.18. The molecule has 0 aliphatic carbocycles. The first-order chi connectivity index (χ1) is 24.1. The fourth-order valence-corrected chi connectivity index (χ4v) is 8.47. The lowest BCUT2D eigenvalue weighted by molar-refractivity contribution is -0.147. The molecular formula is C37H47F3N6O4. The predicted molar refractivity (Wildman–Crippen MR) is 181 cm³/mol. The first-order valence-electron chi connectivity index (χ1n) is 17.6. The van der Waals surface area contributed by atoms with Crippen LogP contribution in [0.5, 0.6) is 0 Å². The summed E-state index contributed by atoms with van der Waals surface area (Å²) in [5.74, 6) is 1.24. The number of carbonyl (C=O) groups excluding carboxylic acids is 1. The van der Waals surface area contributed by atoms with Crippen molar-refractivity contribution in [3.8, 4) is 0 Å². The van der Waals surface area contributed by atoms with Gasteiger partial charge in [0.1, 0.15) is 12.2 Å². The molecule has 0 radical (unpaired) electrons. The number of alkyl halides is 3. The largest absolute Gasteiger partial charge is 0.416 e. The van der Waals surface area contributed by atoms with E-state index in [4.69, 9.17) is 14.2 Å². The zero-order valence-corrected chi connectivity index (χ0v) is 29.1. The number of piperidine rings is 2. The maximum atomic E-state index is 14.6. The molecule has 0 bridgehead atoms. The summed E-state index contributed by atoms with van der Waals surface area (Å²) >= 11 is 0. The fraction of sp³-hybridized carbons (Fsp3) is 0.595. The van der Waals surface area contributed by atoms with Gasteiger partial charge >= 0.3 is 6.18 Å². The Labute approximate surface area is 291 Å². The van der Waals surface area contributed by atoms with E-state index in [0.717, 1.165) is 69.8 Å². The maximum Gasteiger partial charge on any atom is 0.416 e. The number of hydrogen-bond acceptors (Lipinski definition) is 8. The highest BCUT2D eigenvalue weighted by Gasteiger charge is 2.44. The van der Waals surface area contributed by atoms with Gasteiger partial charge in [0, 0.05) is 69.9 Å². The number of amides is 1. The van der Waals surface area contributed by atoms with Crippen molar-refractivity contribution in [1.29, 1.82) is 0 Å². The molecule has 5 heterocycles. The van der Waals surface area contributed by atoms with Crippen LogP contribution in [0.25, 0.3) is 0 Å². The number of anilines is 1. The molecule has 1 amide bonds. The minimum atomic E-state index is -4.58. The monoisotopic (exact) mass is 696 g/mol. The number of halogens is 3. The Hall–Kier alpha value is -3.36. The van der Waals surface area contributed by atoms with Gasteiger partial charge in [-0.25, -0.2) is 0 Å². The molecule has 3 fully saturated rings. The van der Waals surface area contributed by atoms with Crippen LogP contribution in [0.2, 0.25) is 0 Å². The van der Waals surface area contributed by atoms with Gasteiger partial charge in [-0.2, -0.15) is 13.2 Å². The van der Waals surface area contributed by atoms with Crippen LogP contribution in [0.15, 0.2) is 42.7 Å². The number of benzene rings is 2. The van der Waals surface area contributed by atoms with Crippen LogP contribution in [0.4, 0.5) is 18.9 Å².